The van der Waals surface area contributed by atoms with Crippen LogP contribution in [-0.4, -0.2) is 39.9 Å². The van der Waals surface area contributed by atoms with Gasteiger partial charge in [0.2, 0.25) is 11.8 Å². The van der Waals surface area contributed by atoms with E-state index in [0.29, 0.717) is 22.3 Å². The highest BCUT2D eigenvalue weighted by Gasteiger charge is 2.39. The SMILES string of the molecule is O=C1CCC(N2Cc3ccc(CN(C(=O)O)c4cc(F)c(-c5ccccc5)c(F)c4)cc3C2=O)C(=O)N1. The van der Waals surface area contributed by atoms with Gasteiger partial charge < -0.3 is 10.0 Å². The molecule has 2 aliphatic rings. The molecular weight excluding hydrogens is 484 g/mol. The zero-order valence-corrected chi connectivity index (χ0v) is 19.4. The van der Waals surface area contributed by atoms with E-state index in [1.54, 1.807) is 42.5 Å². The molecule has 2 aliphatic heterocycles. The van der Waals surface area contributed by atoms with Crippen molar-refractivity contribution in [1.82, 2.24) is 10.2 Å². The smallest absolute Gasteiger partial charge is 0.412 e. The summed E-state index contributed by atoms with van der Waals surface area (Å²) in [6.45, 7) is -0.0847. The average Bonchev–Trinajstić information content (AvgIpc) is 3.18. The van der Waals surface area contributed by atoms with Crippen LogP contribution in [0.5, 0.6) is 0 Å². The van der Waals surface area contributed by atoms with Crippen molar-refractivity contribution < 1.29 is 33.1 Å². The number of carbonyl (C=O) groups is 4. The van der Waals surface area contributed by atoms with Gasteiger partial charge in [-0.25, -0.2) is 13.6 Å². The summed E-state index contributed by atoms with van der Waals surface area (Å²) in [6.07, 6.45) is -1.07. The van der Waals surface area contributed by atoms with E-state index in [0.717, 1.165) is 17.0 Å². The molecule has 0 bridgehead atoms. The highest BCUT2D eigenvalue weighted by atomic mass is 19.1. The van der Waals surface area contributed by atoms with E-state index in [2.05, 4.69) is 5.32 Å². The molecule has 3 aromatic carbocycles. The molecule has 0 saturated carbocycles. The van der Waals surface area contributed by atoms with Crippen LogP contribution in [0.25, 0.3) is 11.1 Å². The Bertz CT molecular complexity index is 1420. The number of nitrogens with one attached hydrogen (secondary N) is 1. The van der Waals surface area contributed by atoms with Crippen molar-refractivity contribution in [3.8, 4) is 11.1 Å². The Morgan fingerprint density at radius 2 is 1.73 bits per heavy atom. The molecule has 2 N–H and O–H groups in total. The molecule has 8 nitrogen and oxygen atoms in total. The lowest BCUT2D eigenvalue weighted by Crippen LogP contribution is -2.52. The van der Waals surface area contributed by atoms with E-state index in [1.807, 2.05) is 0 Å². The number of fused-ring (bicyclic) bond motifs is 1. The molecule has 4 amide bonds. The zero-order chi connectivity index (χ0) is 26.3. The first kappa shape index (κ1) is 24.1. The number of benzene rings is 3. The van der Waals surface area contributed by atoms with Crippen molar-refractivity contribution in [2.75, 3.05) is 4.90 Å². The molecule has 37 heavy (non-hydrogen) atoms. The number of rotatable bonds is 5. The maximum Gasteiger partial charge on any atom is 0.412 e. The van der Waals surface area contributed by atoms with E-state index in [4.69, 9.17) is 0 Å². The van der Waals surface area contributed by atoms with Crippen molar-refractivity contribution in [1.29, 1.82) is 0 Å². The Hall–Kier alpha value is -4.60. The largest absolute Gasteiger partial charge is 0.465 e. The van der Waals surface area contributed by atoms with Crippen LogP contribution in [0.4, 0.5) is 19.3 Å². The average molecular weight is 505 g/mol. The Labute approximate surface area is 210 Å². The molecule has 10 heteroatoms. The number of hydrogen-bond acceptors (Lipinski definition) is 4. The minimum absolute atomic E-state index is 0.130. The van der Waals surface area contributed by atoms with Gasteiger partial charge in [0, 0.05) is 18.5 Å². The van der Waals surface area contributed by atoms with Crippen molar-refractivity contribution >= 4 is 29.5 Å². The highest BCUT2D eigenvalue weighted by Crippen LogP contribution is 2.32. The summed E-state index contributed by atoms with van der Waals surface area (Å²) in [5.74, 6) is -3.13. The molecule has 2 heterocycles. The van der Waals surface area contributed by atoms with Crippen molar-refractivity contribution in [2.45, 2.75) is 32.0 Å². The topological polar surface area (TPSA) is 107 Å². The van der Waals surface area contributed by atoms with Gasteiger partial charge >= 0.3 is 6.09 Å². The standard InChI is InChI=1S/C27H21F2N3O5/c28-20-11-18(12-21(29)24(20)16-4-2-1-3-5-16)31(27(36)37)13-15-6-7-17-14-32(26(35)19(17)10-15)22-8-9-23(33)30-25(22)34/h1-7,10-12,22H,8-9,13-14H2,(H,36,37)(H,30,33,34). The Balaban J connectivity index is 1.40. The van der Waals surface area contributed by atoms with E-state index < -0.39 is 35.6 Å². The normalized spacial score (nSPS) is 17.0. The van der Waals surface area contributed by atoms with Gasteiger partial charge in [-0.05, 0) is 41.3 Å². The van der Waals surface area contributed by atoms with E-state index in [1.165, 1.54) is 11.0 Å². The molecule has 0 radical (unpaired) electrons. The lowest BCUT2D eigenvalue weighted by Gasteiger charge is -2.29. The molecule has 1 unspecified atom stereocenters. The highest BCUT2D eigenvalue weighted by molar-refractivity contribution is 6.05. The monoisotopic (exact) mass is 505 g/mol. The fraction of sp³-hybridized carbons (Fsp3) is 0.185. The minimum atomic E-state index is -1.43. The number of nitrogens with zero attached hydrogens (tertiary/aromatic N) is 2. The van der Waals surface area contributed by atoms with Gasteiger partial charge in [-0.1, -0.05) is 42.5 Å². The number of amides is 4. The Morgan fingerprint density at radius 3 is 2.38 bits per heavy atom. The molecule has 3 aromatic rings. The lowest BCUT2D eigenvalue weighted by molar-refractivity contribution is -0.136. The number of halogens is 2. The van der Waals surface area contributed by atoms with Gasteiger partial charge in [0.05, 0.1) is 17.8 Å². The first-order valence-electron chi connectivity index (χ1n) is 11.5. The second kappa shape index (κ2) is 9.45. The fourth-order valence-corrected chi connectivity index (χ4v) is 4.75. The molecule has 0 aliphatic carbocycles. The number of carboxylic acid groups (broad SMARTS) is 1. The molecule has 1 saturated heterocycles. The van der Waals surface area contributed by atoms with Crippen LogP contribution in [0.3, 0.4) is 0 Å². The van der Waals surface area contributed by atoms with Crippen molar-refractivity contribution in [3.63, 3.8) is 0 Å². The Morgan fingerprint density at radius 1 is 1.03 bits per heavy atom. The quantitative estimate of drug-likeness (QED) is 0.509. The maximum absolute atomic E-state index is 14.9. The third-order valence-electron chi connectivity index (χ3n) is 6.57. The predicted molar refractivity (Wildman–Crippen MR) is 128 cm³/mol. The summed E-state index contributed by atoms with van der Waals surface area (Å²) >= 11 is 0. The number of anilines is 1. The van der Waals surface area contributed by atoms with E-state index in [9.17, 15) is 33.1 Å². The van der Waals surface area contributed by atoms with Crippen LogP contribution in [0, 0.1) is 11.6 Å². The van der Waals surface area contributed by atoms with Gasteiger partial charge in [0.15, 0.2) is 0 Å². The van der Waals surface area contributed by atoms with Crippen LogP contribution in [0.15, 0.2) is 60.7 Å². The van der Waals surface area contributed by atoms with Crippen molar-refractivity contribution in [3.05, 3.63) is 89.0 Å². The van der Waals surface area contributed by atoms with E-state index in [-0.39, 0.29) is 43.1 Å². The summed E-state index contributed by atoms with van der Waals surface area (Å²) in [7, 11) is 0. The molecule has 0 spiro atoms. The number of imide groups is 1. The Kier molecular flexibility index (Phi) is 6.16. The second-order valence-electron chi connectivity index (χ2n) is 8.91. The van der Waals surface area contributed by atoms with Crippen LogP contribution < -0.4 is 10.2 Å². The summed E-state index contributed by atoms with van der Waals surface area (Å²) in [4.78, 5) is 51.0. The predicted octanol–water partition coefficient (Wildman–Crippen LogP) is 4.08. The lowest BCUT2D eigenvalue weighted by atomic mass is 10.0. The summed E-state index contributed by atoms with van der Waals surface area (Å²) in [5, 5.41) is 12.0. The van der Waals surface area contributed by atoms with Crippen LogP contribution in [0.1, 0.15) is 34.3 Å². The van der Waals surface area contributed by atoms with Gasteiger partial charge in [-0.3, -0.25) is 24.6 Å². The van der Waals surface area contributed by atoms with E-state index >= 15 is 0 Å². The van der Waals surface area contributed by atoms with Crippen molar-refractivity contribution in [2.24, 2.45) is 0 Å². The molecule has 0 aromatic heterocycles. The summed E-state index contributed by atoms with van der Waals surface area (Å²) in [6, 6.07) is 14.1. The second-order valence-corrected chi connectivity index (χ2v) is 8.91. The summed E-state index contributed by atoms with van der Waals surface area (Å²) < 4.78 is 29.8. The molecule has 1 fully saturated rings. The first-order valence-corrected chi connectivity index (χ1v) is 11.5. The van der Waals surface area contributed by atoms with Gasteiger partial charge in [-0.15, -0.1) is 0 Å². The van der Waals surface area contributed by atoms with Crippen LogP contribution >= 0.6 is 0 Å². The number of carbonyl (C=O) groups excluding carboxylic acids is 3. The molecular formula is C27H21F2N3O5. The number of piperidine rings is 1. The zero-order valence-electron chi connectivity index (χ0n) is 19.4. The molecule has 1 atom stereocenters. The molecule has 188 valence electrons. The maximum atomic E-state index is 14.9. The minimum Gasteiger partial charge on any atom is -0.465 e. The first-order chi connectivity index (χ1) is 17.7. The molecule has 5 rings (SSSR count). The van der Waals surface area contributed by atoms with Crippen LogP contribution in [0.2, 0.25) is 0 Å². The van der Waals surface area contributed by atoms with Gasteiger partial charge in [-0.2, -0.15) is 0 Å². The summed E-state index contributed by atoms with van der Waals surface area (Å²) in [5.41, 5.74) is 1.26. The fourth-order valence-electron chi connectivity index (χ4n) is 4.75. The van der Waals surface area contributed by atoms with Gasteiger partial charge in [0.25, 0.3) is 5.91 Å². The number of hydrogen-bond donors (Lipinski definition) is 2. The van der Waals surface area contributed by atoms with Crippen LogP contribution in [-0.2, 0) is 22.7 Å². The third kappa shape index (κ3) is 4.53. The van der Waals surface area contributed by atoms with Gasteiger partial charge in [0.1, 0.15) is 17.7 Å². The third-order valence-corrected chi connectivity index (χ3v) is 6.57.